The van der Waals surface area contributed by atoms with E-state index < -0.39 is 8.32 Å². The fourth-order valence-electron chi connectivity index (χ4n) is 2.15. The average Bonchev–Trinajstić information content (AvgIpc) is 2.58. The van der Waals surface area contributed by atoms with Crippen molar-refractivity contribution in [1.29, 1.82) is 0 Å². The van der Waals surface area contributed by atoms with Gasteiger partial charge in [0.05, 0.1) is 0 Å². The van der Waals surface area contributed by atoms with Gasteiger partial charge in [-0.2, -0.15) is 0 Å². The molecule has 0 aliphatic heterocycles. The van der Waals surface area contributed by atoms with Crippen molar-refractivity contribution in [2.24, 2.45) is 11.3 Å². The first-order valence-electron chi connectivity index (χ1n) is 7.32. The molecule has 0 saturated heterocycles. The Bertz CT molecular complexity index is 322. The van der Waals surface area contributed by atoms with E-state index in [0.717, 1.165) is 6.61 Å². The molecule has 1 nitrogen and oxygen atoms in total. The molecule has 0 unspecified atom stereocenters. The summed E-state index contributed by atoms with van der Waals surface area (Å²) in [6.07, 6.45) is 5.01. The Kier molecular flexibility index (Phi) is 4.55. The Morgan fingerprint density at radius 1 is 1.33 bits per heavy atom. The van der Waals surface area contributed by atoms with Crippen molar-refractivity contribution in [3.63, 3.8) is 0 Å². The Morgan fingerprint density at radius 3 is 2.28 bits per heavy atom. The summed E-state index contributed by atoms with van der Waals surface area (Å²) >= 11 is 0. The minimum Gasteiger partial charge on any atom is -0.416 e. The lowest BCUT2D eigenvalue weighted by Crippen LogP contribution is -2.43. The first-order chi connectivity index (χ1) is 7.97. The topological polar surface area (TPSA) is 9.23 Å². The van der Waals surface area contributed by atoms with Gasteiger partial charge < -0.3 is 4.43 Å². The third kappa shape index (κ3) is 3.71. The molecular weight excluding hydrogens is 236 g/mol. The van der Waals surface area contributed by atoms with E-state index in [2.05, 4.69) is 60.7 Å². The van der Waals surface area contributed by atoms with Gasteiger partial charge in [-0.05, 0) is 36.9 Å². The van der Waals surface area contributed by atoms with Gasteiger partial charge in [0, 0.05) is 12.0 Å². The fraction of sp³-hybridized carbons (Fsp3) is 0.875. The van der Waals surface area contributed by atoms with Crippen molar-refractivity contribution in [3.05, 3.63) is 11.6 Å². The van der Waals surface area contributed by atoms with Crippen LogP contribution in [0.3, 0.4) is 0 Å². The Labute approximate surface area is 115 Å². The molecule has 0 saturated carbocycles. The summed E-state index contributed by atoms with van der Waals surface area (Å²) in [5, 5.41) is 0.312. The molecule has 0 radical (unpaired) electrons. The van der Waals surface area contributed by atoms with E-state index >= 15 is 0 Å². The monoisotopic (exact) mass is 268 g/mol. The van der Waals surface area contributed by atoms with Crippen LogP contribution in [0.1, 0.15) is 54.4 Å². The van der Waals surface area contributed by atoms with E-state index in [1.807, 2.05) is 0 Å². The second-order valence-electron chi connectivity index (χ2n) is 8.08. The quantitative estimate of drug-likeness (QED) is 0.490. The second-order valence-corrected chi connectivity index (χ2v) is 12.9. The smallest absolute Gasteiger partial charge is 0.192 e. The Balaban J connectivity index is 2.65. The second kappa shape index (κ2) is 5.13. The van der Waals surface area contributed by atoms with Crippen LogP contribution in [-0.4, -0.2) is 14.9 Å². The van der Waals surface area contributed by atoms with Gasteiger partial charge in [0.15, 0.2) is 8.32 Å². The largest absolute Gasteiger partial charge is 0.416 e. The van der Waals surface area contributed by atoms with Gasteiger partial charge in [0.1, 0.15) is 0 Å². The molecule has 0 aromatic carbocycles. The van der Waals surface area contributed by atoms with Crippen LogP contribution in [0.25, 0.3) is 0 Å². The van der Waals surface area contributed by atoms with Gasteiger partial charge in [0.25, 0.3) is 0 Å². The molecule has 0 fully saturated rings. The zero-order chi connectivity index (χ0) is 14.2. The van der Waals surface area contributed by atoms with Crippen molar-refractivity contribution < 1.29 is 4.43 Å². The maximum Gasteiger partial charge on any atom is 0.192 e. The van der Waals surface area contributed by atoms with Crippen molar-refractivity contribution in [3.8, 4) is 0 Å². The summed E-state index contributed by atoms with van der Waals surface area (Å²) in [6.45, 7) is 19.5. The molecule has 18 heavy (non-hydrogen) atoms. The van der Waals surface area contributed by atoms with Crippen molar-refractivity contribution >= 4 is 8.32 Å². The summed E-state index contributed by atoms with van der Waals surface area (Å²) in [4.78, 5) is 0. The van der Waals surface area contributed by atoms with Crippen LogP contribution in [0.5, 0.6) is 0 Å². The highest BCUT2D eigenvalue weighted by atomic mass is 28.4. The van der Waals surface area contributed by atoms with Crippen LogP contribution >= 0.6 is 0 Å². The highest BCUT2D eigenvalue weighted by Crippen LogP contribution is 2.42. The fourth-order valence-corrected chi connectivity index (χ4v) is 3.28. The molecule has 0 spiro atoms. The van der Waals surface area contributed by atoms with Crippen molar-refractivity contribution in [2.45, 2.75) is 72.5 Å². The lowest BCUT2D eigenvalue weighted by molar-refractivity contribution is 0.187. The molecule has 1 aliphatic rings. The van der Waals surface area contributed by atoms with Crippen LogP contribution in [0.2, 0.25) is 18.1 Å². The van der Waals surface area contributed by atoms with Gasteiger partial charge in [-0.1, -0.05) is 53.2 Å². The van der Waals surface area contributed by atoms with E-state index in [-0.39, 0.29) is 5.41 Å². The third-order valence-corrected chi connectivity index (χ3v) is 9.31. The molecule has 0 aromatic heterocycles. The summed E-state index contributed by atoms with van der Waals surface area (Å²) < 4.78 is 6.40. The summed E-state index contributed by atoms with van der Waals surface area (Å²) in [5.41, 5.74) is 1.89. The van der Waals surface area contributed by atoms with Crippen LogP contribution in [0, 0.1) is 11.3 Å². The van der Waals surface area contributed by atoms with E-state index in [1.54, 1.807) is 5.57 Å². The van der Waals surface area contributed by atoms with E-state index in [0.29, 0.717) is 11.0 Å². The predicted molar refractivity (Wildman–Crippen MR) is 83.4 cm³/mol. The number of hydrogen-bond donors (Lipinski definition) is 0. The van der Waals surface area contributed by atoms with Gasteiger partial charge in [0.2, 0.25) is 0 Å². The zero-order valence-electron chi connectivity index (χ0n) is 13.7. The summed E-state index contributed by atoms with van der Waals surface area (Å²) in [5.74, 6) is 0.694. The molecule has 0 aromatic rings. The van der Waals surface area contributed by atoms with Crippen molar-refractivity contribution in [1.82, 2.24) is 0 Å². The standard InChI is InChI=1S/C16H32OSi/c1-13(2)14-9-10-16(6,11-14)12-17-18(7,8)15(3,4)5/h11,13H,9-10,12H2,1-8H3/t16-/m0/s1. The molecule has 1 aliphatic carbocycles. The summed E-state index contributed by atoms with van der Waals surface area (Å²) in [7, 11) is -1.60. The first-order valence-corrected chi connectivity index (χ1v) is 10.2. The maximum atomic E-state index is 6.40. The number of hydrogen-bond acceptors (Lipinski definition) is 1. The highest BCUT2D eigenvalue weighted by Gasteiger charge is 2.39. The van der Waals surface area contributed by atoms with Gasteiger partial charge in [-0.25, -0.2) is 0 Å². The molecule has 1 atom stereocenters. The minimum atomic E-state index is -1.60. The third-order valence-electron chi connectivity index (χ3n) is 4.83. The average molecular weight is 269 g/mol. The first kappa shape index (κ1) is 16.0. The zero-order valence-corrected chi connectivity index (χ0v) is 14.7. The van der Waals surface area contributed by atoms with Gasteiger partial charge in [-0.3, -0.25) is 0 Å². The molecular formula is C16H32OSi. The molecule has 0 bridgehead atoms. The normalized spacial score (nSPS) is 25.7. The SMILES string of the molecule is CC(C)C1=C[C@@](C)(CO[Si](C)(C)C(C)(C)C)CC1. The lowest BCUT2D eigenvalue weighted by atomic mass is 9.92. The lowest BCUT2D eigenvalue weighted by Gasteiger charge is -2.38. The van der Waals surface area contributed by atoms with Crippen molar-refractivity contribution in [2.75, 3.05) is 6.61 Å². The maximum absolute atomic E-state index is 6.40. The highest BCUT2D eigenvalue weighted by molar-refractivity contribution is 6.74. The predicted octanol–water partition coefficient (Wildman–Crippen LogP) is 5.39. The van der Waals surface area contributed by atoms with Crippen LogP contribution in [0.4, 0.5) is 0 Å². The van der Waals surface area contributed by atoms with E-state index in [4.69, 9.17) is 4.43 Å². The Hall–Kier alpha value is -0.0831. The van der Waals surface area contributed by atoms with Crippen LogP contribution in [-0.2, 0) is 4.43 Å². The molecule has 106 valence electrons. The van der Waals surface area contributed by atoms with E-state index in [1.165, 1.54) is 12.8 Å². The van der Waals surface area contributed by atoms with Gasteiger partial charge >= 0.3 is 0 Å². The molecule has 0 heterocycles. The summed E-state index contributed by atoms with van der Waals surface area (Å²) in [6, 6.07) is 0. The number of allylic oxidation sites excluding steroid dienone is 1. The number of rotatable bonds is 4. The Morgan fingerprint density at radius 2 is 1.89 bits per heavy atom. The molecule has 0 amide bonds. The van der Waals surface area contributed by atoms with Gasteiger partial charge in [-0.15, -0.1) is 0 Å². The van der Waals surface area contributed by atoms with E-state index in [9.17, 15) is 0 Å². The van der Waals surface area contributed by atoms with Crippen LogP contribution < -0.4 is 0 Å². The van der Waals surface area contributed by atoms with Crippen LogP contribution in [0.15, 0.2) is 11.6 Å². The minimum absolute atomic E-state index is 0.273. The molecule has 1 rings (SSSR count). The molecule has 2 heteroatoms. The molecule has 0 N–H and O–H groups in total.